The third-order valence-corrected chi connectivity index (χ3v) is 5.89. The number of hydrogen-bond donors (Lipinski definition) is 3. The molecule has 8 nitrogen and oxygen atoms in total. The van der Waals surface area contributed by atoms with Crippen molar-refractivity contribution in [3.8, 4) is 0 Å². The summed E-state index contributed by atoms with van der Waals surface area (Å²) >= 11 is 5.34. The number of nitrogens with zero attached hydrogens (tertiary/aromatic N) is 1. The van der Waals surface area contributed by atoms with E-state index in [4.69, 9.17) is 17.0 Å². The van der Waals surface area contributed by atoms with Crippen LogP contribution in [0.4, 0.5) is 5.69 Å². The van der Waals surface area contributed by atoms with Crippen molar-refractivity contribution in [2.75, 3.05) is 19.0 Å². The van der Waals surface area contributed by atoms with Gasteiger partial charge >= 0.3 is 0 Å². The first kappa shape index (κ1) is 22.9. The summed E-state index contributed by atoms with van der Waals surface area (Å²) in [6.45, 7) is 1.30. The minimum atomic E-state index is -0.270. The summed E-state index contributed by atoms with van der Waals surface area (Å²) in [7, 11) is 1.61. The molecule has 1 aliphatic rings. The van der Waals surface area contributed by atoms with Gasteiger partial charge in [-0.25, -0.2) is 0 Å². The van der Waals surface area contributed by atoms with E-state index in [0.717, 1.165) is 24.1 Å². The van der Waals surface area contributed by atoms with Crippen LogP contribution < -0.4 is 16.2 Å². The lowest BCUT2D eigenvalue weighted by molar-refractivity contribution is -0.117. The molecule has 172 valence electrons. The van der Waals surface area contributed by atoms with Crippen LogP contribution in [0.5, 0.6) is 0 Å². The van der Waals surface area contributed by atoms with Crippen molar-refractivity contribution in [3.05, 3.63) is 68.7 Å². The van der Waals surface area contributed by atoms with Gasteiger partial charge in [0.25, 0.3) is 11.5 Å². The summed E-state index contributed by atoms with van der Waals surface area (Å²) in [6.07, 6.45) is 2.56. The van der Waals surface area contributed by atoms with Gasteiger partial charge in [0.1, 0.15) is 0 Å². The Morgan fingerprint density at radius 2 is 2.03 bits per heavy atom. The Morgan fingerprint density at radius 3 is 2.79 bits per heavy atom. The highest BCUT2D eigenvalue weighted by Crippen LogP contribution is 2.30. The fraction of sp³-hybridized carbons (Fsp3) is 0.333. The number of ether oxygens (including phenoxy) is 1. The van der Waals surface area contributed by atoms with Crippen molar-refractivity contribution in [1.82, 2.24) is 14.9 Å². The van der Waals surface area contributed by atoms with E-state index in [1.54, 1.807) is 25.3 Å². The lowest BCUT2D eigenvalue weighted by atomic mass is 10.1. The zero-order valence-electron chi connectivity index (χ0n) is 18.3. The second-order valence-corrected chi connectivity index (χ2v) is 8.53. The van der Waals surface area contributed by atoms with E-state index in [2.05, 4.69) is 15.6 Å². The van der Waals surface area contributed by atoms with Gasteiger partial charge in [-0.15, -0.1) is 0 Å². The Balaban J connectivity index is 1.45. The van der Waals surface area contributed by atoms with E-state index in [0.29, 0.717) is 47.4 Å². The van der Waals surface area contributed by atoms with E-state index in [1.165, 1.54) is 4.57 Å². The van der Waals surface area contributed by atoms with Crippen molar-refractivity contribution in [2.24, 2.45) is 5.92 Å². The Morgan fingerprint density at radius 1 is 1.21 bits per heavy atom. The molecule has 33 heavy (non-hydrogen) atoms. The number of methoxy groups -OCH3 is 1. The number of H-pyrrole nitrogens is 1. The molecule has 0 bridgehead atoms. The number of aromatic nitrogens is 2. The van der Waals surface area contributed by atoms with Crippen LogP contribution in [0.25, 0.3) is 10.9 Å². The molecular weight excluding hydrogens is 440 g/mol. The van der Waals surface area contributed by atoms with Gasteiger partial charge < -0.3 is 20.4 Å². The van der Waals surface area contributed by atoms with Crippen molar-refractivity contribution in [3.63, 3.8) is 0 Å². The normalized spacial score (nSPS) is 13.1. The average molecular weight is 467 g/mol. The number of anilines is 1. The van der Waals surface area contributed by atoms with Crippen LogP contribution in [0, 0.1) is 10.7 Å². The maximum atomic E-state index is 12.8. The maximum Gasteiger partial charge on any atom is 0.262 e. The molecule has 0 saturated heterocycles. The van der Waals surface area contributed by atoms with Gasteiger partial charge in [-0.1, -0.05) is 12.1 Å². The molecule has 0 atom stereocenters. The quantitative estimate of drug-likeness (QED) is 0.331. The Labute approximate surface area is 196 Å². The monoisotopic (exact) mass is 466 g/mol. The van der Waals surface area contributed by atoms with Crippen molar-refractivity contribution >= 4 is 40.6 Å². The fourth-order valence-electron chi connectivity index (χ4n) is 3.60. The van der Waals surface area contributed by atoms with Crippen LogP contribution >= 0.6 is 12.2 Å². The lowest BCUT2D eigenvalue weighted by Gasteiger charge is -2.10. The van der Waals surface area contributed by atoms with Gasteiger partial charge in [0, 0.05) is 44.0 Å². The number of carbonyl (C=O) groups is 2. The molecule has 1 aromatic heterocycles. The summed E-state index contributed by atoms with van der Waals surface area (Å²) < 4.78 is 6.86. The van der Waals surface area contributed by atoms with E-state index >= 15 is 0 Å². The van der Waals surface area contributed by atoms with E-state index in [9.17, 15) is 14.4 Å². The van der Waals surface area contributed by atoms with Crippen molar-refractivity contribution in [2.45, 2.75) is 32.4 Å². The Hall–Kier alpha value is -3.30. The first-order valence-corrected chi connectivity index (χ1v) is 11.3. The molecule has 1 aliphatic carbocycles. The highest BCUT2D eigenvalue weighted by molar-refractivity contribution is 7.71. The number of aromatic amines is 1. The van der Waals surface area contributed by atoms with E-state index < -0.39 is 0 Å². The zero-order valence-corrected chi connectivity index (χ0v) is 19.2. The minimum Gasteiger partial charge on any atom is -0.385 e. The summed E-state index contributed by atoms with van der Waals surface area (Å²) in [5.41, 5.74) is 2.34. The molecule has 1 fully saturated rings. The second-order valence-electron chi connectivity index (χ2n) is 8.14. The topological polar surface area (TPSA) is 105 Å². The number of rotatable bonds is 9. The molecule has 3 N–H and O–H groups in total. The SMILES string of the molecule is COCCCn1c(=S)[nH]c2cc(C(=O)NCc3cccc(NC(=O)C4CC4)c3)ccc2c1=O. The molecule has 0 spiro atoms. The molecule has 0 aliphatic heterocycles. The lowest BCUT2D eigenvalue weighted by Crippen LogP contribution is -2.25. The third-order valence-electron chi connectivity index (χ3n) is 5.57. The molecule has 2 aromatic carbocycles. The Bertz CT molecular complexity index is 1310. The van der Waals surface area contributed by atoms with Crippen molar-refractivity contribution < 1.29 is 14.3 Å². The number of benzene rings is 2. The number of nitrogens with one attached hydrogen (secondary N) is 3. The predicted octanol–water partition coefficient (Wildman–Crippen LogP) is 3.37. The van der Waals surface area contributed by atoms with Gasteiger partial charge in [-0.3, -0.25) is 19.0 Å². The fourth-order valence-corrected chi connectivity index (χ4v) is 3.88. The van der Waals surface area contributed by atoms with E-state index in [-0.39, 0.29) is 23.3 Å². The molecule has 0 unspecified atom stereocenters. The van der Waals surface area contributed by atoms with Gasteiger partial charge in [-0.2, -0.15) is 0 Å². The van der Waals surface area contributed by atoms with E-state index in [1.807, 2.05) is 24.3 Å². The summed E-state index contributed by atoms with van der Waals surface area (Å²) in [4.78, 5) is 40.5. The largest absolute Gasteiger partial charge is 0.385 e. The first-order chi connectivity index (χ1) is 16.0. The van der Waals surface area contributed by atoms with Crippen LogP contribution in [0.15, 0.2) is 47.3 Å². The smallest absolute Gasteiger partial charge is 0.262 e. The zero-order chi connectivity index (χ0) is 23.4. The molecule has 1 heterocycles. The van der Waals surface area contributed by atoms with Crippen molar-refractivity contribution in [1.29, 1.82) is 0 Å². The van der Waals surface area contributed by atoms with Gasteiger partial charge in [0.2, 0.25) is 5.91 Å². The summed E-state index contributed by atoms with van der Waals surface area (Å²) in [5.74, 6) is -0.0986. The van der Waals surface area contributed by atoms with Crippen LogP contribution in [0.2, 0.25) is 0 Å². The van der Waals surface area contributed by atoms with Gasteiger partial charge in [-0.05, 0) is 67.4 Å². The number of amides is 2. The molecule has 4 rings (SSSR count). The highest BCUT2D eigenvalue weighted by atomic mass is 32.1. The summed E-state index contributed by atoms with van der Waals surface area (Å²) in [5, 5.41) is 6.26. The van der Waals surface area contributed by atoms with Crippen LogP contribution in [0.3, 0.4) is 0 Å². The number of carbonyl (C=O) groups excluding carboxylic acids is 2. The number of hydrogen-bond acceptors (Lipinski definition) is 5. The van der Waals surface area contributed by atoms with Crippen LogP contribution in [-0.4, -0.2) is 35.1 Å². The van der Waals surface area contributed by atoms with Crippen LogP contribution in [0.1, 0.15) is 35.2 Å². The van der Waals surface area contributed by atoms with Gasteiger partial charge in [0.15, 0.2) is 4.77 Å². The summed E-state index contributed by atoms with van der Waals surface area (Å²) in [6, 6.07) is 12.3. The predicted molar refractivity (Wildman–Crippen MR) is 129 cm³/mol. The number of fused-ring (bicyclic) bond motifs is 1. The second kappa shape index (κ2) is 10.1. The molecule has 9 heteroatoms. The Kier molecular flexibility index (Phi) is 7.00. The third kappa shape index (κ3) is 5.55. The van der Waals surface area contributed by atoms with Crippen LogP contribution in [-0.2, 0) is 22.6 Å². The molecular formula is C24H26N4O4S. The molecule has 2 amide bonds. The van der Waals surface area contributed by atoms with Gasteiger partial charge in [0.05, 0.1) is 10.9 Å². The maximum absolute atomic E-state index is 12.8. The first-order valence-electron chi connectivity index (χ1n) is 10.9. The highest BCUT2D eigenvalue weighted by Gasteiger charge is 2.29. The molecule has 1 saturated carbocycles. The standard InChI is InChI=1S/C24H26N4O4S/c1-32-11-3-10-28-23(31)19-9-8-17(13-20(19)27-24(28)33)21(29)25-14-15-4-2-5-18(12-15)26-22(30)16-6-7-16/h2,4-5,8-9,12-13,16H,3,6-7,10-11,14H2,1H3,(H,25,29)(H,26,30)(H,27,33). The molecule has 0 radical (unpaired) electrons. The minimum absolute atomic E-state index is 0.0440. The molecule has 3 aromatic rings. The average Bonchev–Trinajstić information content (AvgIpc) is 3.65.